The lowest BCUT2D eigenvalue weighted by atomic mass is 9.96. The van der Waals surface area contributed by atoms with E-state index >= 15 is 0 Å². The van der Waals surface area contributed by atoms with Crippen molar-refractivity contribution < 1.29 is 19.1 Å². The molecular formula is C29H40N4O4S. The molecule has 2 aromatic rings. The molecule has 1 aromatic carbocycles. The van der Waals surface area contributed by atoms with Gasteiger partial charge >= 0.3 is 0 Å². The maximum atomic E-state index is 13.2. The second kappa shape index (κ2) is 10.1. The maximum Gasteiger partial charge on any atom is 0.273 e. The Kier molecular flexibility index (Phi) is 7.09. The second-order valence-corrected chi connectivity index (χ2v) is 12.8. The highest BCUT2D eigenvalue weighted by molar-refractivity contribution is 7.09. The number of hydrogen-bond acceptors (Lipinski definition) is 7. The Hall–Kier alpha value is -2.81. The van der Waals surface area contributed by atoms with Gasteiger partial charge in [0.15, 0.2) is 0 Å². The largest absolute Gasteiger partial charge is 0.497 e. The molecule has 9 heteroatoms. The molecule has 1 aromatic heterocycles. The first-order valence-corrected chi connectivity index (χ1v) is 14.5. The number of hydrogen-bond donors (Lipinski definition) is 0. The van der Waals surface area contributed by atoms with Gasteiger partial charge in [-0.2, -0.15) is 0 Å². The van der Waals surface area contributed by atoms with Gasteiger partial charge in [0.1, 0.15) is 17.2 Å². The van der Waals surface area contributed by atoms with Crippen LogP contribution in [0, 0.1) is 16.7 Å². The number of rotatable bonds is 6. The van der Waals surface area contributed by atoms with Crippen LogP contribution in [0.15, 0.2) is 23.6 Å². The zero-order valence-electron chi connectivity index (χ0n) is 23.5. The van der Waals surface area contributed by atoms with E-state index in [4.69, 9.17) is 14.5 Å². The maximum absolute atomic E-state index is 13.2. The number of ether oxygens (including phenoxy) is 2. The fourth-order valence-electron chi connectivity index (χ4n) is 6.28. The van der Waals surface area contributed by atoms with Crippen LogP contribution in [-0.2, 0) is 4.79 Å². The summed E-state index contributed by atoms with van der Waals surface area (Å²) in [5.41, 5.74) is 1.69. The van der Waals surface area contributed by atoms with Gasteiger partial charge in [-0.3, -0.25) is 9.59 Å². The van der Waals surface area contributed by atoms with Gasteiger partial charge in [0.2, 0.25) is 5.91 Å². The summed E-state index contributed by atoms with van der Waals surface area (Å²) in [6.07, 6.45) is 1.81. The quantitative estimate of drug-likeness (QED) is 0.537. The first-order valence-electron chi connectivity index (χ1n) is 13.6. The van der Waals surface area contributed by atoms with Crippen LogP contribution in [0.1, 0.15) is 62.0 Å². The lowest BCUT2D eigenvalue weighted by Crippen LogP contribution is -2.49. The molecule has 0 spiro atoms. The first-order chi connectivity index (χ1) is 18.1. The van der Waals surface area contributed by atoms with Crippen molar-refractivity contribution in [2.24, 2.45) is 16.7 Å². The molecule has 2 aliphatic heterocycles. The van der Waals surface area contributed by atoms with E-state index in [1.807, 2.05) is 28.5 Å². The molecule has 2 amide bonds. The number of likely N-dealkylation sites (tertiary alicyclic amines) is 1. The van der Waals surface area contributed by atoms with Gasteiger partial charge in [-0.25, -0.2) is 4.98 Å². The minimum absolute atomic E-state index is 0.000319. The smallest absolute Gasteiger partial charge is 0.273 e. The van der Waals surface area contributed by atoms with Crippen LogP contribution in [0.25, 0.3) is 0 Å². The number of carbonyl (C=O) groups is 2. The molecule has 3 fully saturated rings. The average Bonchev–Trinajstić information content (AvgIpc) is 3.24. The van der Waals surface area contributed by atoms with E-state index in [2.05, 4.69) is 37.5 Å². The third-order valence-corrected chi connectivity index (χ3v) is 10.5. The molecule has 1 saturated carbocycles. The van der Waals surface area contributed by atoms with E-state index in [1.165, 1.54) is 0 Å². The zero-order valence-corrected chi connectivity index (χ0v) is 24.3. The molecule has 206 valence electrons. The Balaban J connectivity index is 1.14. The van der Waals surface area contributed by atoms with Crippen LogP contribution in [-0.4, -0.2) is 80.1 Å². The first kappa shape index (κ1) is 26.8. The molecular weight excluding hydrogens is 500 g/mol. The van der Waals surface area contributed by atoms with Gasteiger partial charge in [-0.05, 0) is 35.8 Å². The number of benzene rings is 1. The Morgan fingerprint density at radius 2 is 1.58 bits per heavy atom. The number of nitrogens with zero attached hydrogens (tertiary/aromatic N) is 4. The topological polar surface area (TPSA) is 75.2 Å². The minimum atomic E-state index is -0.000319. The standard InChI is InChI=1S/C29H40N4O4S/c1-28(2)24(29(28,3)4)27(35)32-11-9-19(10-12-32)25-30-21(18-38-25)26(34)33-15-13-31(14-16-33)22-8-7-20(36-5)17-23(22)37-6/h7-8,17-19,24H,9-16H2,1-6H3. The number of aromatic nitrogens is 1. The van der Waals surface area contributed by atoms with Crippen molar-refractivity contribution in [1.29, 1.82) is 0 Å². The summed E-state index contributed by atoms with van der Waals surface area (Å²) in [6.45, 7) is 13.1. The molecule has 5 rings (SSSR count). The highest BCUT2D eigenvalue weighted by atomic mass is 32.1. The number of methoxy groups -OCH3 is 2. The average molecular weight is 541 g/mol. The third-order valence-electron chi connectivity index (χ3n) is 9.46. The number of piperidine rings is 1. The highest BCUT2D eigenvalue weighted by Crippen LogP contribution is 2.68. The highest BCUT2D eigenvalue weighted by Gasteiger charge is 2.68. The van der Waals surface area contributed by atoms with Gasteiger partial charge in [0, 0.05) is 62.6 Å². The van der Waals surface area contributed by atoms with E-state index in [1.54, 1.807) is 25.6 Å². The molecule has 1 aliphatic carbocycles. The predicted octanol–water partition coefficient (Wildman–Crippen LogP) is 4.51. The van der Waals surface area contributed by atoms with Gasteiger partial charge in [-0.1, -0.05) is 27.7 Å². The molecule has 8 nitrogen and oxygen atoms in total. The van der Waals surface area contributed by atoms with E-state index in [-0.39, 0.29) is 22.7 Å². The molecule has 2 saturated heterocycles. The van der Waals surface area contributed by atoms with Crippen LogP contribution in [0.3, 0.4) is 0 Å². The predicted molar refractivity (Wildman–Crippen MR) is 149 cm³/mol. The summed E-state index contributed by atoms with van der Waals surface area (Å²) < 4.78 is 10.9. The minimum Gasteiger partial charge on any atom is -0.497 e. The summed E-state index contributed by atoms with van der Waals surface area (Å²) in [4.78, 5) is 37.3. The second-order valence-electron chi connectivity index (χ2n) is 11.9. The molecule has 0 bridgehead atoms. The Morgan fingerprint density at radius 3 is 2.16 bits per heavy atom. The van der Waals surface area contributed by atoms with Crippen molar-refractivity contribution in [3.8, 4) is 11.5 Å². The van der Waals surface area contributed by atoms with Crippen LogP contribution in [0.5, 0.6) is 11.5 Å². The molecule has 38 heavy (non-hydrogen) atoms. The van der Waals surface area contributed by atoms with Crippen LogP contribution in [0.4, 0.5) is 5.69 Å². The summed E-state index contributed by atoms with van der Waals surface area (Å²) in [6, 6.07) is 5.82. The Bertz CT molecular complexity index is 1180. The normalized spacial score (nSPS) is 21.4. The Labute approximate surface area is 229 Å². The van der Waals surface area contributed by atoms with Crippen molar-refractivity contribution in [1.82, 2.24) is 14.8 Å². The molecule has 0 N–H and O–H groups in total. The van der Waals surface area contributed by atoms with Gasteiger partial charge in [0.05, 0.1) is 24.9 Å². The van der Waals surface area contributed by atoms with Crippen molar-refractivity contribution >= 4 is 28.8 Å². The van der Waals surface area contributed by atoms with Crippen molar-refractivity contribution in [2.45, 2.75) is 46.5 Å². The number of carbonyl (C=O) groups excluding carboxylic acids is 2. The monoisotopic (exact) mass is 540 g/mol. The summed E-state index contributed by atoms with van der Waals surface area (Å²) in [7, 11) is 3.30. The van der Waals surface area contributed by atoms with Crippen LogP contribution >= 0.6 is 11.3 Å². The summed E-state index contributed by atoms with van der Waals surface area (Å²) in [5, 5.41) is 2.93. The lowest BCUT2D eigenvalue weighted by Gasteiger charge is -2.36. The number of thiazole rings is 1. The molecule has 3 heterocycles. The molecule has 3 aliphatic rings. The zero-order chi connectivity index (χ0) is 27.2. The SMILES string of the molecule is COc1ccc(N2CCN(C(=O)c3csc(C4CCN(C(=O)C5C(C)(C)C5(C)C)CC4)n3)CC2)c(OC)c1. The number of amides is 2. The fourth-order valence-corrected chi connectivity index (χ4v) is 7.24. The fraction of sp³-hybridized carbons (Fsp3) is 0.621. The van der Waals surface area contributed by atoms with Crippen LogP contribution in [0.2, 0.25) is 0 Å². The lowest BCUT2D eigenvalue weighted by molar-refractivity contribution is -0.134. The Morgan fingerprint density at radius 1 is 0.921 bits per heavy atom. The number of piperazine rings is 1. The third kappa shape index (κ3) is 4.63. The molecule has 0 unspecified atom stereocenters. The van der Waals surface area contributed by atoms with E-state index < -0.39 is 0 Å². The van der Waals surface area contributed by atoms with Crippen molar-refractivity contribution in [2.75, 3.05) is 58.4 Å². The molecule has 0 radical (unpaired) electrons. The summed E-state index contributed by atoms with van der Waals surface area (Å²) in [5.74, 6) is 2.25. The number of anilines is 1. The molecule has 0 atom stereocenters. The van der Waals surface area contributed by atoms with Crippen molar-refractivity contribution in [3.05, 3.63) is 34.3 Å². The summed E-state index contributed by atoms with van der Waals surface area (Å²) >= 11 is 1.58. The van der Waals surface area contributed by atoms with E-state index in [0.717, 1.165) is 61.2 Å². The van der Waals surface area contributed by atoms with Gasteiger partial charge in [-0.15, -0.1) is 11.3 Å². The van der Waals surface area contributed by atoms with E-state index in [0.29, 0.717) is 30.6 Å². The van der Waals surface area contributed by atoms with E-state index in [9.17, 15) is 9.59 Å². The van der Waals surface area contributed by atoms with Crippen molar-refractivity contribution in [3.63, 3.8) is 0 Å². The van der Waals surface area contributed by atoms with Gasteiger partial charge < -0.3 is 24.2 Å². The van der Waals surface area contributed by atoms with Gasteiger partial charge in [0.25, 0.3) is 5.91 Å². The van der Waals surface area contributed by atoms with Crippen LogP contribution < -0.4 is 14.4 Å².